The van der Waals surface area contributed by atoms with Gasteiger partial charge < -0.3 is 10.3 Å². The fourth-order valence-electron chi connectivity index (χ4n) is 2.94. The Morgan fingerprint density at radius 3 is 2.77 bits per heavy atom. The van der Waals surface area contributed by atoms with Crippen molar-refractivity contribution in [1.29, 1.82) is 0 Å². The molecule has 1 fully saturated rings. The third-order valence-corrected chi connectivity index (χ3v) is 4.51. The molecule has 2 aromatic carbocycles. The van der Waals surface area contributed by atoms with E-state index in [4.69, 9.17) is 0 Å². The molecule has 1 amide bonds. The van der Waals surface area contributed by atoms with Crippen LogP contribution in [-0.2, 0) is 5.41 Å². The van der Waals surface area contributed by atoms with E-state index in [1.807, 2.05) is 24.3 Å². The molecule has 4 heteroatoms. The van der Waals surface area contributed by atoms with E-state index in [-0.39, 0.29) is 11.3 Å². The molecule has 1 heterocycles. The van der Waals surface area contributed by atoms with Gasteiger partial charge in [-0.25, -0.2) is 4.98 Å². The zero-order valence-corrected chi connectivity index (χ0v) is 12.2. The summed E-state index contributed by atoms with van der Waals surface area (Å²) in [7, 11) is 0. The summed E-state index contributed by atoms with van der Waals surface area (Å²) in [6.07, 6.45) is 3.91. The number of benzene rings is 2. The Balaban J connectivity index is 1.48. The number of aromatic amines is 1. The molecule has 0 spiro atoms. The van der Waals surface area contributed by atoms with Crippen LogP contribution in [0.2, 0.25) is 0 Å². The number of carbonyl (C=O) groups excluding carboxylic acids is 1. The highest BCUT2D eigenvalue weighted by Gasteiger charge is 2.44. The first-order chi connectivity index (χ1) is 10.8. The highest BCUT2D eigenvalue weighted by atomic mass is 16.1. The predicted molar refractivity (Wildman–Crippen MR) is 85.8 cm³/mol. The summed E-state index contributed by atoms with van der Waals surface area (Å²) in [5.74, 6) is -0.0290. The maximum absolute atomic E-state index is 12.4. The number of amides is 1. The van der Waals surface area contributed by atoms with E-state index in [0.29, 0.717) is 12.1 Å². The summed E-state index contributed by atoms with van der Waals surface area (Å²) >= 11 is 0. The zero-order valence-electron chi connectivity index (χ0n) is 12.2. The van der Waals surface area contributed by atoms with Gasteiger partial charge in [-0.1, -0.05) is 30.3 Å². The minimum absolute atomic E-state index is 0.0290. The number of nitrogens with zero attached hydrogens (tertiary/aromatic N) is 1. The number of nitrogens with one attached hydrogen (secondary N) is 2. The number of H-pyrrole nitrogens is 1. The van der Waals surface area contributed by atoms with Crippen LogP contribution in [-0.4, -0.2) is 22.4 Å². The van der Waals surface area contributed by atoms with Crippen LogP contribution >= 0.6 is 0 Å². The van der Waals surface area contributed by atoms with Crippen LogP contribution in [0.1, 0.15) is 28.8 Å². The van der Waals surface area contributed by atoms with Crippen molar-refractivity contribution in [2.45, 2.75) is 18.3 Å². The second-order valence-electron chi connectivity index (χ2n) is 5.96. The standard InChI is InChI=1S/C18H17N3O/c22-17(13-6-7-15-16(10-13)21-12-20-15)19-11-18(8-9-18)14-4-2-1-3-5-14/h1-7,10,12H,8-9,11H2,(H,19,22)(H,20,21). The molecule has 4 rings (SSSR count). The summed E-state index contributed by atoms with van der Waals surface area (Å²) in [6, 6.07) is 16.0. The molecule has 1 aliphatic rings. The van der Waals surface area contributed by atoms with E-state index in [2.05, 4.69) is 39.6 Å². The van der Waals surface area contributed by atoms with Gasteiger partial charge in [0, 0.05) is 17.5 Å². The van der Waals surface area contributed by atoms with Crippen LogP contribution in [0.3, 0.4) is 0 Å². The summed E-state index contributed by atoms with van der Waals surface area (Å²) in [4.78, 5) is 19.6. The summed E-state index contributed by atoms with van der Waals surface area (Å²) in [6.45, 7) is 0.691. The van der Waals surface area contributed by atoms with Crippen molar-refractivity contribution < 1.29 is 4.79 Å². The third-order valence-electron chi connectivity index (χ3n) is 4.51. The molecule has 2 N–H and O–H groups in total. The van der Waals surface area contributed by atoms with Crippen molar-refractivity contribution in [3.63, 3.8) is 0 Å². The summed E-state index contributed by atoms with van der Waals surface area (Å²) in [5, 5.41) is 3.08. The molecule has 0 radical (unpaired) electrons. The maximum atomic E-state index is 12.4. The van der Waals surface area contributed by atoms with Gasteiger partial charge in [-0.2, -0.15) is 0 Å². The zero-order chi connectivity index (χ0) is 15.0. The number of aromatic nitrogens is 2. The van der Waals surface area contributed by atoms with Crippen LogP contribution in [0, 0.1) is 0 Å². The average molecular weight is 291 g/mol. The van der Waals surface area contributed by atoms with Crippen molar-refractivity contribution in [2.75, 3.05) is 6.54 Å². The van der Waals surface area contributed by atoms with E-state index < -0.39 is 0 Å². The number of hydrogen-bond acceptors (Lipinski definition) is 2. The molecule has 1 aliphatic carbocycles. The van der Waals surface area contributed by atoms with Gasteiger partial charge >= 0.3 is 0 Å². The molecular formula is C18H17N3O. The largest absolute Gasteiger partial charge is 0.351 e. The summed E-state index contributed by atoms with van der Waals surface area (Å²) in [5.41, 5.74) is 3.88. The highest BCUT2D eigenvalue weighted by molar-refractivity contribution is 5.97. The fraction of sp³-hybridized carbons (Fsp3) is 0.222. The summed E-state index contributed by atoms with van der Waals surface area (Å²) < 4.78 is 0. The third kappa shape index (κ3) is 2.26. The van der Waals surface area contributed by atoms with Gasteiger partial charge in [-0.05, 0) is 36.6 Å². The lowest BCUT2D eigenvalue weighted by molar-refractivity contribution is 0.0950. The SMILES string of the molecule is O=C(NCC1(c2ccccc2)CC1)c1ccc2nc[nH]c2c1. The monoisotopic (exact) mass is 291 g/mol. The topological polar surface area (TPSA) is 57.8 Å². The van der Waals surface area contributed by atoms with Crippen LogP contribution < -0.4 is 5.32 Å². The molecule has 1 saturated carbocycles. The van der Waals surface area contributed by atoms with Gasteiger partial charge in [-0.3, -0.25) is 4.79 Å². The Hall–Kier alpha value is -2.62. The number of hydrogen-bond donors (Lipinski definition) is 2. The van der Waals surface area contributed by atoms with Gasteiger partial charge in [0.1, 0.15) is 0 Å². The number of fused-ring (bicyclic) bond motifs is 1. The predicted octanol–water partition coefficient (Wildman–Crippen LogP) is 3.02. The Labute approximate surface area is 128 Å². The van der Waals surface area contributed by atoms with Crippen LogP contribution in [0.4, 0.5) is 0 Å². The van der Waals surface area contributed by atoms with Gasteiger partial charge in [0.2, 0.25) is 0 Å². The van der Waals surface area contributed by atoms with Crippen LogP contribution in [0.25, 0.3) is 11.0 Å². The Kier molecular flexibility index (Phi) is 2.96. The molecule has 4 nitrogen and oxygen atoms in total. The van der Waals surface area contributed by atoms with Crippen molar-refractivity contribution in [1.82, 2.24) is 15.3 Å². The van der Waals surface area contributed by atoms with E-state index >= 15 is 0 Å². The fourth-order valence-corrected chi connectivity index (χ4v) is 2.94. The van der Waals surface area contributed by atoms with Crippen molar-refractivity contribution in [2.24, 2.45) is 0 Å². The van der Waals surface area contributed by atoms with Crippen molar-refractivity contribution in [3.8, 4) is 0 Å². The normalized spacial score (nSPS) is 15.6. The molecule has 0 saturated heterocycles. The first kappa shape index (κ1) is 13.1. The molecule has 1 aromatic heterocycles. The second-order valence-corrected chi connectivity index (χ2v) is 5.96. The smallest absolute Gasteiger partial charge is 0.251 e. The molecule has 3 aromatic rings. The van der Waals surface area contributed by atoms with E-state index in [0.717, 1.165) is 23.9 Å². The number of carbonyl (C=O) groups is 1. The first-order valence-electron chi connectivity index (χ1n) is 7.54. The Morgan fingerprint density at radius 1 is 1.18 bits per heavy atom. The minimum atomic E-state index is -0.0290. The van der Waals surface area contributed by atoms with E-state index in [1.165, 1.54) is 5.56 Å². The van der Waals surface area contributed by atoms with Crippen LogP contribution in [0.15, 0.2) is 54.9 Å². The molecule has 0 atom stereocenters. The lowest BCUT2D eigenvalue weighted by Gasteiger charge is -2.16. The molecule has 0 bridgehead atoms. The molecule has 0 unspecified atom stereocenters. The Morgan fingerprint density at radius 2 is 2.00 bits per heavy atom. The minimum Gasteiger partial charge on any atom is -0.351 e. The highest BCUT2D eigenvalue weighted by Crippen LogP contribution is 2.47. The molecule has 110 valence electrons. The first-order valence-corrected chi connectivity index (χ1v) is 7.54. The number of rotatable bonds is 4. The van der Waals surface area contributed by atoms with Gasteiger partial charge in [0.05, 0.1) is 17.4 Å². The average Bonchev–Trinajstić information content (AvgIpc) is 3.22. The molecule has 0 aliphatic heterocycles. The Bertz CT molecular complexity index is 818. The van der Waals surface area contributed by atoms with Crippen LogP contribution in [0.5, 0.6) is 0 Å². The molecular weight excluding hydrogens is 274 g/mol. The second kappa shape index (κ2) is 4.98. The lowest BCUT2D eigenvalue weighted by atomic mass is 9.96. The van der Waals surface area contributed by atoms with Crippen molar-refractivity contribution in [3.05, 3.63) is 66.0 Å². The van der Waals surface area contributed by atoms with Gasteiger partial charge in [0.25, 0.3) is 5.91 Å². The number of imidazole rings is 1. The van der Waals surface area contributed by atoms with E-state index in [1.54, 1.807) is 6.33 Å². The van der Waals surface area contributed by atoms with Crippen molar-refractivity contribution >= 4 is 16.9 Å². The van der Waals surface area contributed by atoms with Gasteiger partial charge in [0.15, 0.2) is 0 Å². The van der Waals surface area contributed by atoms with Gasteiger partial charge in [-0.15, -0.1) is 0 Å². The van der Waals surface area contributed by atoms with E-state index in [9.17, 15) is 4.79 Å². The molecule has 22 heavy (non-hydrogen) atoms. The lowest BCUT2D eigenvalue weighted by Crippen LogP contribution is -2.32. The quantitative estimate of drug-likeness (QED) is 0.776. The maximum Gasteiger partial charge on any atom is 0.251 e.